The molecule has 0 radical (unpaired) electrons. The van der Waals surface area contributed by atoms with Crippen LogP contribution in [0.25, 0.3) is 0 Å². The van der Waals surface area contributed by atoms with Gasteiger partial charge >= 0.3 is 5.97 Å². The first-order valence-electron chi connectivity index (χ1n) is 4.64. The second-order valence-electron chi connectivity index (χ2n) is 3.33. The minimum absolute atomic E-state index is 0.0420. The first-order valence-corrected chi connectivity index (χ1v) is 6.46. The van der Waals surface area contributed by atoms with Crippen molar-refractivity contribution in [2.75, 3.05) is 18.6 Å². The van der Waals surface area contributed by atoms with Gasteiger partial charge < -0.3 is 9.53 Å². The van der Waals surface area contributed by atoms with Crippen LogP contribution in [0, 0.1) is 0 Å². The van der Waals surface area contributed by atoms with E-state index in [0.29, 0.717) is 19.3 Å². The number of ketones is 1. The molecular formula is C9H16O5S. The molecular weight excluding hydrogens is 220 g/mol. The van der Waals surface area contributed by atoms with Gasteiger partial charge in [0, 0.05) is 6.42 Å². The molecule has 0 bridgehead atoms. The zero-order valence-electron chi connectivity index (χ0n) is 8.99. The van der Waals surface area contributed by atoms with Crippen LogP contribution in [0.5, 0.6) is 0 Å². The Morgan fingerprint density at radius 2 is 1.80 bits per heavy atom. The minimum Gasteiger partial charge on any atom is -0.468 e. The molecule has 0 aliphatic carbocycles. The van der Waals surface area contributed by atoms with E-state index >= 15 is 0 Å². The van der Waals surface area contributed by atoms with Gasteiger partial charge in [-0.1, -0.05) is 0 Å². The highest BCUT2D eigenvalue weighted by molar-refractivity contribution is 7.92. The summed E-state index contributed by atoms with van der Waals surface area (Å²) >= 11 is 0. The summed E-state index contributed by atoms with van der Waals surface area (Å²) in [4.78, 5) is 21.3. The molecule has 0 aromatic carbocycles. The van der Waals surface area contributed by atoms with Gasteiger partial charge in [-0.3, -0.25) is 4.79 Å². The molecule has 0 rings (SSSR count). The lowest BCUT2D eigenvalue weighted by atomic mass is 10.2. The van der Waals surface area contributed by atoms with Gasteiger partial charge in [-0.05, 0) is 19.8 Å². The smallest absolute Gasteiger partial charge is 0.320 e. The summed E-state index contributed by atoms with van der Waals surface area (Å²) in [7, 11) is -2.23. The van der Waals surface area contributed by atoms with Crippen LogP contribution in [0.4, 0.5) is 0 Å². The van der Waals surface area contributed by atoms with E-state index in [9.17, 15) is 18.0 Å². The Balaban J connectivity index is 3.85. The van der Waals surface area contributed by atoms with E-state index in [1.54, 1.807) is 0 Å². The van der Waals surface area contributed by atoms with Crippen molar-refractivity contribution in [3.05, 3.63) is 0 Å². The number of hydrogen-bond acceptors (Lipinski definition) is 5. The zero-order chi connectivity index (χ0) is 11.9. The minimum atomic E-state index is -3.38. The van der Waals surface area contributed by atoms with Gasteiger partial charge in [0.25, 0.3) is 0 Å². The largest absolute Gasteiger partial charge is 0.468 e. The number of carbonyl (C=O) groups is 2. The molecule has 5 nitrogen and oxygen atoms in total. The molecule has 0 saturated carbocycles. The summed E-state index contributed by atoms with van der Waals surface area (Å²) in [6.45, 7) is 1.46. The van der Waals surface area contributed by atoms with Gasteiger partial charge in [0.1, 0.15) is 11.5 Å². The standard InChI is InChI=1S/C9H16O5S/c1-8(10)5-3-4-6-15(12,13)7-9(11)14-2/h3-7H2,1-2H3. The Hall–Kier alpha value is -0.910. The van der Waals surface area contributed by atoms with Crippen LogP contribution in [-0.2, 0) is 24.2 Å². The van der Waals surface area contributed by atoms with E-state index in [4.69, 9.17) is 0 Å². The van der Waals surface area contributed by atoms with E-state index in [1.165, 1.54) is 6.92 Å². The third-order valence-corrected chi connectivity index (χ3v) is 3.39. The topological polar surface area (TPSA) is 77.5 Å². The normalized spacial score (nSPS) is 11.1. The number of sulfone groups is 1. The van der Waals surface area contributed by atoms with E-state index in [2.05, 4.69) is 4.74 Å². The van der Waals surface area contributed by atoms with Crippen LogP contribution in [0.15, 0.2) is 0 Å². The predicted octanol–water partition coefficient (Wildman–Crippen LogP) is 0.333. The Bertz CT molecular complexity index is 317. The van der Waals surface area contributed by atoms with Crippen molar-refractivity contribution in [1.29, 1.82) is 0 Å². The number of ether oxygens (including phenoxy) is 1. The summed E-state index contributed by atoms with van der Waals surface area (Å²) < 4.78 is 26.8. The molecule has 6 heteroatoms. The van der Waals surface area contributed by atoms with Crippen molar-refractivity contribution in [2.45, 2.75) is 26.2 Å². The molecule has 0 spiro atoms. The van der Waals surface area contributed by atoms with E-state index in [1.807, 2.05) is 0 Å². The number of Topliss-reactive ketones (excluding diaryl/α,β-unsaturated/α-hetero) is 1. The highest BCUT2D eigenvalue weighted by atomic mass is 32.2. The van der Waals surface area contributed by atoms with Crippen molar-refractivity contribution in [2.24, 2.45) is 0 Å². The molecule has 0 atom stereocenters. The van der Waals surface area contributed by atoms with Crippen molar-refractivity contribution in [3.8, 4) is 0 Å². The summed E-state index contributed by atoms with van der Waals surface area (Å²) in [6, 6.07) is 0. The van der Waals surface area contributed by atoms with Crippen LogP contribution in [0.3, 0.4) is 0 Å². The molecule has 0 fully saturated rings. The summed E-state index contributed by atoms with van der Waals surface area (Å²) in [5.41, 5.74) is 0. The summed E-state index contributed by atoms with van der Waals surface area (Å²) in [5, 5.41) is 0. The molecule has 0 heterocycles. The highest BCUT2D eigenvalue weighted by Crippen LogP contribution is 2.01. The van der Waals surface area contributed by atoms with Crippen molar-refractivity contribution in [3.63, 3.8) is 0 Å². The van der Waals surface area contributed by atoms with Gasteiger partial charge in [0.2, 0.25) is 0 Å². The Morgan fingerprint density at radius 1 is 1.20 bits per heavy atom. The SMILES string of the molecule is COC(=O)CS(=O)(=O)CCCCC(C)=O. The number of esters is 1. The van der Waals surface area contributed by atoms with E-state index in [0.717, 1.165) is 7.11 Å². The number of carbonyl (C=O) groups excluding carboxylic acids is 2. The molecule has 15 heavy (non-hydrogen) atoms. The zero-order valence-corrected chi connectivity index (χ0v) is 9.80. The monoisotopic (exact) mass is 236 g/mol. The van der Waals surface area contributed by atoms with E-state index < -0.39 is 21.6 Å². The lowest BCUT2D eigenvalue weighted by molar-refractivity contribution is -0.137. The maximum atomic E-state index is 11.3. The molecule has 0 aromatic heterocycles. The molecule has 0 aliphatic rings. The Labute approximate surface area is 89.7 Å². The second kappa shape index (κ2) is 6.55. The number of methoxy groups -OCH3 is 1. The van der Waals surface area contributed by atoms with Crippen LogP contribution in [0.1, 0.15) is 26.2 Å². The van der Waals surface area contributed by atoms with Gasteiger partial charge in [0.05, 0.1) is 12.9 Å². The van der Waals surface area contributed by atoms with Gasteiger partial charge in [-0.15, -0.1) is 0 Å². The van der Waals surface area contributed by atoms with Gasteiger partial charge in [-0.25, -0.2) is 8.42 Å². The molecule has 0 aromatic rings. The molecule has 88 valence electrons. The van der Waals surface area contributed by atoms with Crippen molar-refractivity contribution in [1.82, 2.24) is 0 Å². The average Bonchev–Trinajstić information content (AvgIpc) is 2.11. The van der Waals surface area contributed by atoms with E-state index in [-0.39, 0.29) is 11.5 Å². The third-order valence-electron chi connectivity index (χ3n) is 1.80. The van der Waals surface area contributed by atoms with Crippen LogP contribution < -0.4 is 0 Å². The molecule has 0 saturated heterocycles. The molecule has 0 aliphatic heterocycles. The van der Waals surface area contributed by atoms with Gasteiger partial charge in [-0.2, -0.15) is 0 Å². The maximum absolute atomic E-state index is 11.3. The number of hydrogen-bond donors (Lipinski definition) is 0. The molecule has 0 amide bonds. The second-order valence-corrected chi connectivity index (χ2v) is 5.51. The fourth-order valence-electron chi connectivity index (χ4n) is 1.01. The first kappa shape index (κ1) is 14.1. The average molecular weight is 236 g/mol. The Kier molecular flexibility index (Phi) is 6.15. The van der Waals surface area contributed by atoms with Crippen molar-refractivity contribution >= 4 is 21.6 Å². The van der Waals surface area contributed by atoms with Crippen LogP contribution >= 0.6 is 0 Å². The lowest BCUT2D eigenvalue weighted by Gasteiger charge is -2.02. The fourth-order valence-corrected chi connectivity index (χ4v) is 2.27. The maximum Gasteiger partial charge on any atom is 0.320 e. The third kappa shape index (κ3) is 8.11. The summed E-state index contributed by atoms with van der Waals surface area (Å²) in [5.74, 6) is -1.36. The lowest BCUT2D eigenvalue weighted by Crippen LogP contribution is -2.20. The number of rotatable bonds is 7. The highest BCUT2D eigenvalue weighted by Gasteiger charge is 2.16. The predicted molar refractivity (Wildman–Crippen MR) is 55.2 cm³/mol. The molecule has 0 N–H and O–H groups in total. The fraction of sp³-hybridized carbons (Fsp3) is 0.778. The van der Waals surface area contributed by atoms with Gasteiger partial charge in [0.15, 0.2) is 9.84 Å². The van der Waals surface area contributed by atoms with Crippen molar-refractivity contribution < 1.29 is 22.7 Å². The first-order chi connectivity index (χ1) is 6.87. The van der Waals surface area contributed by atoms with Crippen LogP contribution in [-0.4, -0.2) is 38.8 Å². The Morgan fingerprint density at radius 3 is 2.27 bits per heavy atom. The summed E-state index contributed by atoms with van der Waals surface area (Å²) in [6.07, 6.45) is 1.32. The number of unbranched alkanes of at least 4 members (excludes halogenated alkanes) is 1. The quantitative estimate of drug-likeness (QED) is 0.470. The molecule has 0 unspecified atom stereocenters. The van der Waals surface area contributed by atoms with Crippen LogP contribution in [0.2, 0.25) is 0 Å².